The molecule has 2 rings (SSSR count). The van der Waals surface area contributed by atoms with Gasteiger partial charge in [0.15, 0.2) is 0 Å². The molecule has 1 aliphatic rings. The van der Waals surface area contributed by atoms with Gasteiger partial charge < -0.3 is 14.7 Å². The first-order valence-corrected chi connectivity index (χ1v) is 6.19. The van der Waals surface area contributed by atoms with E-state index in [4.69, 9.17) is 9.84 Å². The van der Waals surface area contributed by atoms with E-state index in [9.17, 15) is 9.59 Å². The molecule has 1 heterocycles. The predicted octanol–water partition coefficient (Wildman–Crippen LogP) is 1.49. The van der Waals surface area contributed by atoms with Gasteiger partial charge in [-0.3, -0.25) is 9.59 Å². The second-order valence-electron chi connectivity index (χ2n) is 4.83. The molecular weight excluding hydrogens is 246 g/mol. The van der Waals surface area contributed by atoms with Crippen LogP contribution in [0.15, 0.2) is 24.3 Å². The molecule has 1 amide bonds. The first kappa shape index (κ1) is 13.4. The Labute approximate surface area is 111 Å². The molecule has 1 saturated heterocycles. The zero-order chi connectivity index (χ0) is 14.0. The number of nitrogens with zero attached hydrogens (tertiary/aromatic N) is 1. The summed E-state index contributed by atoms with van der Waals surface area (Å²) < 4.78 is 5.16. The fourth-order valence-electron chi connectivity index (χ4n) is 2.45. The van der Waals surface area contributed by atoms with Gasteiger partial charge in [0.1, 0.15) is 5.75 Å². The Balaban J connectivity index is 2.19. The van der Waals surface area contributed by atoms with Crippen LogP contribution < -0.4 is 4.74 Å². The van der Waals surface area contributed by atoms with Crippen LogP contribution in [0, 0.1) is 11.8 Å². The number of likely N-dealkylation sites (tertiary alicyclic amines) is 1. The molecule has 2 unspecified atom stereocenters. The molecule has 1 aromatic rings. The van der Waals surface area contributed by atoms with E-state index in [1.54, 1.807) is 29.2 Å². The van der Waals surface area contributed by atoms with E-state index >= 15 is 0 Å². The third kappa shape index (κ3) is 2.54. The lowest BCUT2D eigenvalue weighted by Crippen LogP contribution is -2.30. The number of carbonyl (C=O) groups excluding carboxylic acids is 1. The lowest BCUT2D eigenvalue weighted by Gasteiger charge is -2.17. The second kappa shape index (κ2) is 5.30. The third-order valence-corrected chi connectivity index (χ3v) is 3.55. The summed E-state index contributed by atoms with van der Waals surface area (Å²) >= 11 is 0. The molecule has 0 bridgehead atoms. The Bertz CT molecular complexity index is 500. The molecule has 5 heteroatoms. The summed E-state index contributed by atoms with van der Waals surface area (Å²) in [5.41, 5.74) is 0.475. The molecule has 1 aromatic carbocycles. The van der Waals surface area contributed by atoms with Crippen molar-refractivity contribution in [2.75, 3.05) is 20.2 Å². The number of benzene rings is 1. The highest BCUT2D eigenvalue weighted by Gasteiger charge is 2.37. The maximum absolute atomic E-state index is 12.4. The van der Waals surface area contributed by atoms with Gasteiger partial charge in [0.05, 0.1) is 18.6 Å². The molecule has 2 atom stereocenters. The molecule has 0 aliphatic carbocycles. The van der Waals surface area contributed by atoms with Crippen molar-refractivity contribution in [3.05, 3.63) is 29.8 Å². The van der Waals surface area contributed by atoms with Crippen LogP contribution in [0.5, 0.6) is 5.75 Å². The summed E-state index contributed by atoms with van der Waals surface area (Å²) in [5, 5.41) is 9.09. The van der Waals surface area contributed by atoms with Crippen LogP contribution in [-0.2, 0) is 4.79 Å². The topological polar surface area (TPSA) is 66.8 Å². The van der Waals surface area contributed by atoms with E-state index in [0.717, 1.165) is 0 Å². The van der Waals surface area contributed by atoms with Crippen molar-refractivity contribution >= 4 is 11.9 Å². The zero-order valence-electron chi connectivity index (χ0n) is 11.0. The first-order chi connectivity index (χ1) is 9.04. The van der Waals surface area contributed by atoms with Gasteiger partial charge in [-0.15, -0.1) is 0 Å². The molecule has 5 nitrogen and oxygen atoms in total. The predicted molar refractivity (Wildman–Crippen MR) is 69.2 cm³/mol. The van der Waals surface area contributed by atoms with E-state index < -0.39 is 11.9 Å². The van der Waals surface area contributed by atoms with Gasteiger partial charge in [0, 0.05) is 13.1 Å². The third-order valence-electron chi connectivity index (χ3n) is 3.55. The molecule has 1 aliphatic heterocycles. The summed E-state index contributed by atoms with van der Waals surface area (Å²) in [6.07, 6.45) is 0. The number of ether oxygens (including phenoxy) is 1. The monoisotopic (exact) mass is 263 g/mol. The molecule has 0 spiro atoms. The van der Waals surface area contributed by atoms with Crippen molar-refractivity contribution in [3.63, 3.8) is 0 Å². The van der Waals surface area contributed by atoms with Crippen LogP contribution in [0.3, 0.4) is 0 Å². The van der Waals surface area contributed by atoms with Gasteiger partial charge in [-0.1, -0.05) is 19.1 Å². The average Bonchev–Trinajstić information content (AvgIpc) is 2.80. The van der Waals surface area contributed by atoms with Crippen LogP contribution in [-0.4, -0.2) is 42.1 Å². The first-order valence-electron chi connectivity index (χ1n) is 6.19. The van der Waals surface area contributed by atoms with Crippen molar-refractivity contribution < 1.29 is 19.4 Å². The van der Waals surface area contributed by atoms with E-state index in [2.05, 4.69) is 0 Å². The average molecular weight is 263 g/mol. The fraction of sp³-hybridized carbons (Fsp3) is 0.429. The molecule has 102 valence electrons. The van der Waals surface area contributed by atoms with Gasteiger partial charge in [-0.05, 0) is 18.1 Å². The summed E-state index contributed by atoms with van der Waals surface area (Å²) in [4.78, 5) is 25.1. The van der Waals surface area contributed by atoms with Crippen molar-refractivity contribution in [2.24, 2.45) is 11.8 Å². The summed E-state index contributed by atoms with van der Waals surface area (Å²) in [6.45, 7) is 2.58. The molecular formula is C14H17NO4. The van der Waals surface area contributed by atoms with Crippen LogP contribution in [0.2, 0.25) is 0 Å². The normalized spacial score (nSPS) is 22.3. The van der Waals surface area contributed by atoms with Crippen LogP contribution in [0.1, 0.15) is 17.3 Å². The highest BCUT2D eigenvalue weighted by atomic mass is 16.5. The number of amides is 1. The van der Waals surface area contributed by atoms with Gasteiger partial charge in [0.25, 0.3) is 5.91 Å². The number of carboxylic acids is 1. The fourth-order valence-corrected chi connectivity index (χ4v) is 2.45. The minimum absolute atomic E-state index is 0.0313. The highest BCUT2D eigenvalue weighted by molar-refractivity contribution is 5.97. The van der Waals surface area contributed by atoms with Crippen molar-refractivity contribution in [1.29, 1.82) is 0 Å². The Morgan fingerprint density at radius 1 is 1.32 bits per heavy atom. The minimum atomic E-state index is -0.845. The largest absolute Gasteiger partial charge is 0.496 e. The number of para-hydroxylation sites is 1. The Hall–Kier alpha value is -2.04. The van der Waals surface area contributed by atoms with E-state index in [-0.39, 0.29) is 18.4 Å². The second-order valence-corrected chi connectivity index (χ2v) is 4.83. The lowest BCUT2D eigenvalue weighted by molar-refractivity contribution is -0.142. The molecule has 0 aromatic heterocycles. The van der Waals surface area contributed by atoms with Crippen LogP contribution >= 0.6 is 0 Å². The van der Waals surface area contributed by atoms with Gasteiger partial charge in [0.2, 0.25) is 0 Å². The number of aliphatic carboxylic acids is 1. The zero-order valence-corrected chi connectivity index (χ0v) is 11.0. The van der Waals surface area contributed by atoms with Gasteiger partial charge >= 0.3 is 5.97 Å². The summed E-state index contributed by atoms with van der Waals surface area (Å²) in [7, 11) is 1.51. The molecule has 1 fully saturated rings. The Morgan fingerprint density at radius 2 is 2.00 bits per heavy atom. The maximum atomic E-state index is 12.4. The molecule has 0 radical (unpaired) electrons. The SMILES string of the molecule is COc1ccccc1C(=O)N1CC(C)C(C(=O)O)C1. The van der Waals surface area contributed by atoms with Crippen molar-refractivity contribution in [2.45, 2.75) is 6.92 Å². The standard InChI is InChI=1S/C14H17NO4/c1-9-7-15(8-11(9)14(17)18)13(16)10-5-3-4-6-12(10)19-2/h3-6,9,11H,7-8H2,1-2H3,(H,17,18). The minimum Gasteiger partial charge on any atom is -0.496 e. The summed E-state index contributed by atoms with van der Waals surface area (Å²) in [5.74, 6) is -1.02. The number of carboxylic acid groups (broad SMARTS) is 1. The smallest absolute Gasteiger partial charge is 0.308 e. The maximum Gasteiger partial charge on any atom is 0.308 e. The van der Waals surface area contributed by atoms with E-state index in [0.29, 0.717) is 17.9 Å². The summed E-state index contributed by atoms with van der Waals surface area (Å²) in [6, 6.07) is 6.98. The number of methoxy groups -OCH3 is 1. The van der Waals surface area contributed by atoms with E-state index in [1.807, 2.05) is 6.92 Å². The number of carbonyl (C=O) groups is 2. The van der Waals surface area contributed by atoms with Gasteiger partial charge in [-0.25, -0.2) is 0 Å². The number of rotatable bonds is 3. The number of hydrogen-bond acceptors (Lipinski definition) is 3. The highest BCUT2D eigenvalue weighted by Crippen LogP contribution is 2.27. The quantitative estimate of drug-likeness (QED) is 0.897. The Kier molecular flexibility index (Phi) is 3.74. The molecule has 19 heavy (non-hydrogen) atoms. The molecule has 0 saturated carbocycles. The van der Waals surface area contributed by atoms with Crippen molar-refractivity contribution in [1.82, 2.24) is 4.90 Å². The lowest BCUT2D eigenvalue weighted by atomic mass is 9.99. The number of hydrogen-bond donors (Lipinski definition) is 1. The molecule has 1 N–H and O–H groups in total. The van der Waals surface area contributed by atoms with Crippen LogP contribution in [0.4, 0.5) is 0 Å². The van der Waals surface area contributed by atoms with Gasteiger partial charge in [-0.2, -0.15) is 0 Å². The Morgan fingerprint density at radius 3 is 2.58 bits per heavy atom. The van der Waals surface area contributed by atoms with Crippen molar-refractivity contribution in [3.8, 4) is 5.75 Å². The van der Waals surface area contributed by atoms with Crippen LogP contribution in [0.25, 0.3) is 0 Å². The van der Waals surface area contributed by atoms with E-state index in [1.165, 1.54) is 7.11 Å².